The Balaban J connectivity index is 1.64. The summed E-state index contributed by atoms with van der Waals surface area (Å²) in [6.07, 6.45) is 10.2. The second-order valence-electron chi connectivity index (χ2n) is 9.76. The van der Waals surface area contributed by atoms with Crippen molar-refractivity contribution in [2.45, 2.75) is 84.7 Å². The molecule has 0 aromatic carbocycles. The van der Waals surface area contributed by atoms with E-state index in [1.807, 2.05) is 0 Å². The van der Waals surface area contributed by atoms with Gasteiger partial charge in [0.05, 0.1) is 6.10 Å². The molecule has 4 saturated carbocycles. The Bertz CT molecular complexity index is 500. The van der Waals surface area contributed by atoms with Crippen LogP contribution >= 0.6 is 0 Å². The first-order chi connectivity index (χ1) is 10.9. The Morgan fingerprint density at radius 2 is 1.78 bits per heavy atom. The molecule has 0 radical (unpaired) electrons. The van der Waals surface area contributed by atoms with Gasteiger partial charge in [-0.3, -0.25) is 4.79 Å². The number of rotatable bonds is 1. The van der Waals surface area contributed by atoms with Crippen LogP contribution in [0.3, 0.4) is 0 Å². The van der Waals surface area contributed by atoms with E-state index in [0.29, 0.717) is 23.0 Å². The number of fused-ring (bicyclic) bond motifs is 5. The number of Topliss-reactive ketones (excluding diaryl/α,β-unsaturated/α-hetero) is 1. The van der Waals surface area contributed by atoms with Gasteiger partial charge in [-0.15, -0.1) is 0 Å². The summed E-state index contributed by atoms with van der Waals surface area (Å²) in [7, 11) is 0. The fourth-order valence-electron chi connectivity index (χ4n) is 7.82. The molecule has 0 saturated heterocycles. The van der Waals surface area contributed by atoms with Crippen molar-refractivity contribution >= 4 is 5.78 Å². The molecule has 0 unspecified atom stereocenters. The zero-order valence-corrected chi connectivity index (χ0v) is 15.2. The second-order valence-corrected chi connectivity index (χ2v) is 9.76. The Labute approximate surface area is 141 Å². The van der Waals surface area contributed by atoms with Crippen LogP contribution in [0.25, 0.3) is 0 Å². The Hall–Kier alpha value is -0.370. The third kappa shape index (κ3) is 2.12. The van der Waals surface area contributed by atoms with Gasteiger partial charge in [0.25, 0.3) is 0 Å². The largest absolute Gasteiger partial charge is 0.393 e. The molecule has 8 atom stereocenters. The van der Waals surface area contributed by atoms with E-state index in [9.17, 15) is 9.90 Å². The van der Waals surface area contributed by atoms with Gasteiger partial charge in [-0.25, -0.2) is 0 Å². The van der Waals surface area contributed by atoms with Crippen LogP contribution < -0.4 is 0 Å². The molecule has 0 aliphatic heterocycles. The predicted molar refractivity (Wildman–Crippen MR) is 91.9 cm³/mol. The van der Waals surface area contributed by atoms with E-state index in [1.54, 1.807) is 0 Å². The molecule has 4 aliphatic carbocycles. The van der Waals surface area contributed by atoms with Gasteiger partial charge in [0.2, 0.25) is 0 Å². The van der Waals surface area contributed by atoms with Crippen LogP contribution in [0.4, 0.5) is 0 Å². The van der Waals surface area contributed by atoms with E-state index in [1.165, 1.54) is 32.1 Å². The molecular weight excluding hydrogens is 284 g/mol. The van der Waals surface area contributed by atoms with Crippen molar-refractivity contribution in [3.8, 4) is 0 Å². The quantitative estimate of drug-likeness (QED) is 0.767. The maximum atomic E-state index is 12.6. The predicted octanol–water partition coefficient (Wildman–Crippen LogP) is 4.60. The summed E-state index contributed by atoms with van der Waals surface area (Å²) in [4.78, 5) is 12.6. The number of aliphatic hydroxyl groups excluding tert-OH is 1. The Kier molecular flexibility index (Phi) is 3.72. The van der Waals surface area contributed by atoms with E-state index in [2.05, 4.69) is 20.8 Å². The van der Waals surface area contributed by atoms with E-state index >= 15 is 0 Å². The van der Waals surface area contributed by atoms with E-state index < -0.39 is 0 Å². The lowest BCUT2D eigenvalue weighted by Gasteiger charge is -2.60. The Morgan fingerprint density at radius 1 is 1.04 bits per heavy atom. The van der Waals surface area contributed by atoms with E-state index in [4.69, 9.17) is 0 Å². The average Bonchev–Trinajstić information content (AvgIpc) is 2.77. The van der Waals surface area contributed by atoms with Gasteiger partial charge in [0.15, 0.2) is 0 Å². The van der Waals surface area contributed by atoms with Crippen LogP contribution in [0.5, 0.6) is 0 Å². The fraction of sp³-hybridized carbons (Fsp3) is 0.952. The normalized spacial score (nSPS) is 55.9. The molecule has 0 spiro atoms. The molecule has 4 rings (SSSR count). The van der Waals surface area contributed by atoms with Crippen LogP contribution in [0.1, 0.15) is 78.6 Å². The lowest BCUT2D eigenvalue weighted by Crippen LogP contribution is -2.53. The summed E-state index contributed by atoms with van der Waals surface area (Å²) in [5.41, 5.74) is 0.710. The standard InChI is InChI=1S/C21H34O2/c1-4-16-19(23)12-18-15-6-5-13-11-14(22)7-9-20(13,2)17(15)8-10-21(16,18)3/h13-18,22H,4-12H2,1-3H3/t13-,14+,15+,16+,17-,18-,20+,21-/m1/s1. The molecule has 130 valence electrons. The lowest BCUT2D eigenvalue weighted by molar-refractivity contribution is -0.128. The first kappa shape index (κ1) is 16.1. The second kappa shape index (κ2) is 5.31. The first-order valence-electron chi connectivity index (χ1n) is 10.1. The molecule has 2 heteroatoms. The number of carbonyl (C=O) groups excluding carboxylic acids is 1. The van der Waals surface area contributed by atoms with Gasteiger partial charge in [-0.05, 0) is 85.9 Å². The highest BCUT2D eigenvalue weighted by Gasteiger charge is 2.61. The number of carbonyl (C=O) groups is 1. The summed E-state index contributed by atoms with van der Waals surface area (Å²) in [6, 6.07) is 0. The summed E-state index contributed by atoms with van der Waals surface area (Å²) in [5, 5.41) is 10.1. The molecule has 0 aromatic rings. The molecule has 0 heterocycles. The van der Waals surface area contributed by atoms with Crippen molar-refractivity contribution in [3.05, 3.63) is 0 Å². The van der Waals surface area contributed by atoms with Crippen LogP contribution in [-0.4, -0.2) is 17.0 Å². The van der Waals surface area contributed by atoms with E-state index in [-0.39, 0.29) is 11.5 Å². The summed E-state index contributed by atoms with van der Waals surface area (Å²) in [6.45, 7) is 7.17. The number of aliphatic hydroxyl groups is 1. The van der Waals surface area contributed by atoms with Gasteiger partial charge in [-0.1, -0.05) is 20.8 Å². The average molecular weight is 319 g/mol. The monoisotopic (exact) mass is 318 g/mol. The molecule has 0 aromatic heterocycles. The van der Waals surface area contributed by atoms with E-state index in [0.717, 1.165) is 43.4 Å². The fourth-order valence-corrected chi connectivity index (χ4v) is 7.82. The number of hydrogen-bond acceptors (Lipinski definition) is 2. The number of hydrogen-bond donors (Lipinski definition) is 1. The molecule has 0 bridgehead atoms. The van der Waals surface area contributed by atoms with Crippen LogP contribution in [-0.2, 0) is 4.79 Å². The maximum absolute atomic E-state index is 12.6. The van der Waals surface area contributed by atoms with Gasteiger partial charge in [-0.2, -0.15) is 0 Å². The highest BCUT2D eigenvalue weighted by Crippen LogP contribution is 2.67. The minimum absolute atomic E-state index is 0.0592. The van der Waals surface area contributed by atoms with Gasteiger partial charge >= 0.3 is 0 Å². The SMILES string of the molecule is CC[C@H]1C(=O)C[C@@H]2[C@H]3CC[C@@H]4C[C@@H](O)CC[C@]4(C)[C@@H]3CC[C@@]21C. The van der Waals surface area contributed by atoms with Crippen molar-refractivity contribution in [1.82, 2.24) is 0 Å². The van der Waals surface area contributed by atoms with Gasteiger partial charge < -0.3 is 5.11 Å². The van der Waals surface area contributed by atoms with Crippen molar-refractivity contribution in [3.63, 3.8) is 0 Å². The molecule has 1 N–H and O–H groups in total. The molecular formula is C21H34O2. The smallest absolute Gasteiger partial charge is 0.136 e. The van der Waals surface area contributed by atoms with Crippen LogP contribution in [0.2, 0.25) is 0 Å². The molecule has 4 aliphatic rings. The lowest BCUT2D eigenvalue weighted by atomic mass is 9.44. The summed E-state index contributed by atoms with van der Waals surface area (Å²) >= 11 is 0. The van der Waals surface area contributed by atoms with Crippen molar-refractivity contribution in [2.75, 3.05) is 0 Å². The van der Waals surface area contributed by atoms with Crippen molar-refractivity contribution < 1.29 is 9.90 Å². The number of ketones is 1. The summed E-state index contributed by atoms with van der Waals surface area (Å²) in [5.74, 6) is 3.82. The van der Waals surface area contributed by atoms with Crippen molar-refractivity contribution in [2.24, 2.45) is 40.4 Å². The third-order valence-electron chi connectivity index (χ3n) is 9.09. The minimum atomic E-state index is -0.0592. The third-order valence-corrected chi connectivity index (χ3v) is 9.09. The highest BCUT2D eigenvalue weighted by molar-refractivity contribution is 5.84. The van der Waals surface area contributed by atoms with Gasteiger partial charge in [0.1, 0.15) is 5.78 Å². The van der Waals surface area contributed by atoms with Gasteiger partial charge in [0, 0.05) is 12.3 Å². The Morgan fingerprint density at radius 3 is 2.52 bits per heavy atom. The van der Waals surface area contributed by atoms with Crippen LogP contribution in [0.15, 0.2) is 0 Å². The molecule has 0 amide bonds. The zero-order chi connectivity index (χ0) is 16.4. The van der Waals surface area contributed by atoms with Crippen molar-refractivity contribution in [1.29, 1.82) is 0 Å². The topological polar surface area (TPSA) is 37.3 Å². The molecule has 2 nitrogen and oxygen atoms in total. The zero-order valence-electron chi connectivity index (χ0n) is 15.2. The highest BCUT2D eigenvalue weighted by atomic mass is 16.3. The molecule has 4 fully saturated rings. The molecule has 23 heavy (non-hydrogen) atoms. The van der Waals surface area contributed by atoms with Crippen LogP contribution in [0, 0.1) is 40.4 Å². The first-order valence-corrected chi connectivity index (χ1v) is 10.1. The maximum Gasteiger partial charge on any atom is 0.136 e. The minimum Gasteiger partial charge on any atom is -0.393 e. The summed E-state index contributed by atoms with van der Waals surface area (Å²) < 4.78 is 0.